The van der Waals surface area contributed by atoms with Gasteiger partial charge in [0.05, 0.1) is 13.2 Å². The number of likely N-dealkylation sites (tertiary alicyclic amines) is 1. The lowest BCUT2D eigenvalue weighted by Crippen LogP contribution is -2.38. The zero-order valence-corrected chi connectivity index (χ0v) is 17.1. The van der Waals surface area contributed by atoms with E-state index in [2.05, 4.69) is 41.2 Å². The van der Waals surface area contributed by atoms with Crippen molar-refractivity contribution >= 4 is 6.09 Å². The fraction of sp³-hybridized carbons (Fsp3) is 0.435. The molecule has 7 heteroatoms. The molecular weight excluding hydrogens is 384 g/mol. The molecule has 0 spiro atoms. The van der Waals surface area contributed by atoms with E-state index in [0.717, 1.165) is 19.3 Å². The molecule has 2 aromatic carbocycles. The molecule has 1 saturated heterocycles. The van der Waals surface area contributed by atoms with Gasteiger partial charge < -0.3 is 14.5 Å². The maximum Gasteiger partial charge on any atom is 0.409 e. The number of rotatable bonds is 9. The van der Waals surface area contributed by atoms with Gasteiger partial charge in [-0.15, -0.1) is 10.1 Å². The second kappa shape index (κ2) is 11.2. The van der Waals surface area contributed by atoms with E-state index in [1.165, 1.54) is 16.7 Å². The number of nitrogens with zero attached hydrogens (tertiary/aromatic N) is 2. The van der Waals surface area contributed by atoms with Crippen molar-refractivity contribution in [3.63, 3.8) is 0 Å². The summed E-state index contributed by atoms with van der Waals surface area (Å²) in [7, 11) is 0. The highest BCUT2D eigenvalue weighted by atomic mass is 16.9. The lowest BCUT2D eigenvalue weighted by Gasteiger charge is -2.31. The van der Waals surface area contributed by atoms with Gasteiger partial charge in [0.1, 0.15) is 0 Å². The molecule has 30 heavy (non-hydrogen) atoms. The Morgan fingerprint density at radius 3 is 2.40 bits per heavy atom. The van der Waals surface area contributed by atoms with E-state index in [4.69, 9.17) is 4.74 Å². The molecule has 0 atom stereocenters. The Bertz CT molecular complexity index is 819. The molecule has 0 unspecified atom stereocenters. The van der Waals surface area contributed by atoms with Crippen LogP contribution < -0.4 is 0 Å². The topological polar surface area (TPSA) is 81.9 Å². The fourth-order valence-corrected chi connectivity index (χ4v) is 3.77. The molecule has 3 rings (SSSR count). The molecule has 1 amide bonds. The van der Waals surface area contributed by atoms with Crippen LogP contribution in [-0.2, 0) is 9.57 Å². The zero-order valence-electron chi connectivity index (χ0n) is 17.1. The summed E-state index contributed by atoms with van der Waals surface area (Å²) in [5.74, 6) is 0.444. The lowest BCUT2D eigenvalue weighted by molar-refractivity contribution is -0.757. The number of piperidine rings is 1. The second-order valence-corrected chi connectivity index (χ2v) is 7.48. The number of carbonyl (C=O) groups excluding carboxylic acids is 1. The van der Waals surface area contributed by atoms with E-state index in [0.29, 0.717) is 38.5 Å². The van der Waals surface area contributed by atoms with Gasteiger partial charge in [0, 0.05) is 13.1 Å². The molecule has 1 aliphatic heterocycles. The Kier molecular flexibility index (Phi) is 8.06. The molecule has 160 valence electrons. The standard InChI is InChI=1S/C23H28N2O5/c26-23(29-16-5-2-6-17-30-25(27)28)24-14-12-20(13-15-24)22-11-7-10-21(18-22)19-8-3-1-4-9-19/h1,3-4,7-11,18,20H,2,5-6,12-17H2. The molecular formula is C23H28N2O5. The smallest absolute Gasteiger partial charge is 0.409 e. The normalized spacial score (nSPS) is 14.3. The van der Waals surface area contributed by atoms with Crippen LogP contribution in [0.25, 0.3) is 11.1 Å². The number of ether oxygens (including phenoxy) is 1. The molecule has 7 nitrogen and oxygen atoms in total. The number of benzene rings is 2. The predicted molar refractivity (Wildman–Crippen MR) is 114 cm³/mol. The van der Waals surface area contributed by atoms with Gasteiger partial charge in [0.25, 0.3) is 5.09 Å². The van der Waals surface area contributed by atoms with Crippen LogP contribution in [0.1, 0.15) is 43.6 Å². The average molecular weight is 412 g/mol. The van der Waals surface area contributed by atoms with Gasteiger partial charge in [-0.3, -0.25) is 0 Å². The summed E-state index contributed by atoms with van der Waals surface area (Å²) in [6.45, 7) is 1.79. The minimum Gasteiger partial charge on any atom is -0.449 e. The first-order chi connectivity index (χ1) is 14.6. The quantitative estimate of drug-likeness (QED) is 0.327. The molecule has 2 aromatic rings. The average Bonchev–Trinajstić information content (AvgIpc) is 2.79. The molecule has 0 radical (unpaired) electrons. The third-order valence-corrected chi connectivity index (χ3v) is 5.43. The second-order valence-electron chi connectivity index (χ2n) is 7.48. The molecule has 0 saturated carbocycles. The summed E-state index contributed by atoms with van der Waals surface area (Å²) in [5.41, 5.74) is 3.75. The van der Waals surface area contributed by atoms with Crippen molar-refractivity contribution in [2.45, 2.75) is 38.0 Å². The van der Waals surface area contributed by atoms with E-state index < -0.39 is 5.09 Å². The number of carbonyl (C=O) groups is 1. The van der Waals surface area contributed by atoms with Gasteiger partial charge in [-0.05, 0) is 54.7 Å². The lowest BCUT2D eigenvalue weighted by atomic mass is 9.88. The van der Waals surface area contributed by atoms with Crippen molar-refractivity contribution in [1.29, 1.82) is 0 Å². The van der Waals surface area contributed by atoms with Gasteiger partial charge >= 0.3 is 6.09 Å². The Hall–Kier alpha value is -3.09. The number of hydrogen-bond acceptors (Lipinski definition) is 5. The highest BCUT2D eigenvalue weighted by Gasteiger charge is 2.24. The number of hydrogen-bond donors (Lipinski definition) is 0. The van der Waals surface area contributed by atoms with Crippen molar-refractivity contribution in [1.82, 2.24) is 4.90 Å². The monoisotopic (exact) mass is 412 g/mol. The van der Waals surface area contributed by atoms with Crippen LogP contribution in [0, 0.1) is 10.1 Å². The van der Waals surface area contributed by atoms with Crippen molar-refractivity contribution in [2.24, 2.45) is 0 Å². The third-order valence-electron chi connectivity index (χ3n) is 5.43. The van der Waals surface area contributed by atoms with Crippen LogP contribution >= 0.6 is 0 Å². The molecule has 0 aromatic heterocycles. The molecule has 0 N–H and O–H groups in total. The van der Waals surface area contributed by atoms with E-state index in [1.54, 1.807) is 4.90 Å². The van der Waals surface area contributed by atoms with E-state index in [9.17, 15) is 14.9 Å². The minimum absolute atomic E-state index is 0.0833. The van der Waals surface area contributed by atoms with E-state index >= 15 is 0 Å². The maximum absolute atomic E-state index is 12.2. The molecule has 0 bridgehead atoms. The predicted octanol–water partition coefficient (Wildman–Crippen LogP) is 5.05. The first kappa shape index (κ1) is 21.6. The van der Waals surface area contributed by atoms with Crippen molar-refractivity contribution in [3.8, 4) is 11.1 Å². The summed E-state index contributed by atoms with van der Waals surface area (Å²) < 4.78 is 5.34. The third kappa shape index (κ3) is 6.47. The summed E-state index contributed by atoms with van der Waals surface area (Å²) in [6.07, 6.45) is 3.55. The Balaban J connectivity index is 1.39. The Morgan fingerprint density at radius 2 is 1.67 bits per heavy atom. The van der Waals surface area contributed by atoms with Crippen LogP contribution in [0.15, 0.2) is 54.6 Å². The van der Waals surface area contributed by atoms with Gasteiger partial charge in [-0.1, -0.05) is 54.6 Å². The van der Waals surface area contributed by atoms with Crippen LogP contribution in [0.5, 0.6) is 0 Å². The van der Waals surface area contributed by atoms with Crippen molar-refractivity contribution in [3.05, 3.63) is 70.3 Å². The summed E-state index contributed by atoms with van der Waals surface area (Å²) >= 11 is 0. The summed E-state index contributed by atoms with van der Waals surface area (Å²) in [4.78, 5) is 28.3. The highest BCUT2D eigenvalue weighted by Crippen LogP contribution is 2.31. The van der Waals surface area contributed by atoms with Gasteiger partial charge in [0.2, 0.25) is 0 Å². The highest BCUT2D eigenvalue weighted by molar-refractivity contribution is 5.68. The minimum atomic E-state index is -0.790. The van der Waals surface area contributed by atoms with Crippen LogP contribution in [0.3, 0.4) is 0 Å². The van der Waals surface area contributed by atoms with Gasteiger partial charge in [-0.25, -0.2) is 4.79 Å². The molecule has 1 heterocycles. The first-order valence-electron chi connectivity index (χ1n) is 10.5. The first-order valence-corrected chi connectivity index (χ1v) is 10.5. The maximum atomic E-state index is 12.2. The molecule has 1 aliphatic rings. The largest absolute Gasteiger partial charge is 0.449 e. The number of unbranched alkanes of at least 4 members (excludes halogenated alkanes) is 2. The van der Waals surface area contributed by atoms with Crippen molar-refractivity contribution in [2.75, 3.05) is 26.3 Å². The van der Waals surface area contributed by atoms with Crippen LogP contribution in [-0.4, -0.2) is 42.4 Å². The van der Waals surface area contributed by atoms with Crippen LogP contribution in [0.2, 0.25) is 0 Å². The zero-order chi connectivity index (χ0) is 21.2. The molecule has 0 aliphatic carbocycles. The van der Waals surface area contributed by atoms with Crippen molar-refractivity contribution < 1.29 is 19.5 Å². The van der Waals surface area contributed by atoms with E-state index in [-0.39, 0.29) is 12.7 Å². The summed E-state index contributed by atoms with van der Waals surface area (Å²) in [6, 6.07) is 19.0. The SMILES string of the molecule is O=C(OCCCCCO[N+](=O)[O-])N1CCC(c2cccc(-c3ccccc3)c2)CC1. The van der Waals surface area contributed by atoms with Gasteiger partial charge in [-0.2, -0.15) is 0 Å². The Labute approximate surface area is 176 Å². The van der Waals surface area contributed by atoms with Crippen LogP contribution in [0.4, 0.5) is 4.79 Å². The molecule has 1 fully saturated rings. The van der Waals surface area contributed by atoms with Gasteiger partial charge in [0.15, 0.2) is 0 Å². The Morgan fingerprint density at radius 1 is 0.967 bits per heavy atom. The fourth-order valence-electron chi connectivity index (χ4n) is 3.77. The van der Waals surface area contributed by atoms with E-state index in [1.807, 2.05) is 18.2 Å². The summed E-state index contributed by atoms with van der Waals surface area (Å²) in [5, 5.41) is 9.27. The number of amides is 1.